The van der Waals surface area contributed by atoms with Crippen molar-refractivity contribution in [3.05, 3.63) is 41.8 Å². The fraction of sp³-hybridized carbons (Fsp3) is 0.474. The number of aryl methyl sites for hydroxylation is 1. The monoisotopic (exact) mass is 327 g/mol. The van der Waals surface area contributed by atoms with Crippen LogP contribution < -0.4 is 0 Å². The van der Waals surface area contributed by atoms with Crippen LogP contribution in [-0.4, -0.2) is 53.4 Å². The zero-order valence-electron chi connectivity index (χ0n) is 14.7. The minimum absolute atomic E-state index is 0.0253. The third-order valence-corrected chi connectivity index (χ3v) is 4.30. The lowest BCUT2D eigenvalue weighted by atomic mass is 10.2. The number of rotatable bonds is 4. The zero-order chi connectivity index (χ0) is 17.1. The number of piperazine rings is 1. The molecule has 0 spiro atoms. The second-order valence-corrected chi connectivity index (χ2v) is 6.78. The molecule has 128 valence electrons. The summed E-state index contributed by atoms with van der Waals surface area (Å²) in [5, 5.41) is 0. The molecule has 0 saturated carbocycles. The van der Waals surface area contributed by atoms with Gasteiger partial charge < -0.3 is 9.32 Å². The summed E-state index contributed by atoms with van der Waals surface area (Å²) in [6.45, 7) is 10.7. The molecule has 1 amide bonds. The lowest BCUT2D eigenvalue weighted by Gasteiger charge is -2.35. The summed E-state index contributed by atoms with van der Waals surface area (Å²) in [5.41, 5.74) is 1.33. The van der Waals surface area contributed by atoms with E-state index in [1.54, 1.807) is 0 Å². The van der Waals surface area contributed by atoms with Gasteiger partial charge in [0.1, 0.15) is 5.76 Å². The maximum Gasteiger partial charge on any atom is 0.276 e. The summed E-state index contributed by atoms with van der Waals surface area (Å²) in [6.07, 6.45) is 0. The second kappa shape index (κ2) is 7.18. The van der Waals surface area contributed by atoms with Crippen molar-refractivity contribution in [2.24, 2.45) is 5.92 Å². The molecule has 2 aromatic rings. The first kappa shape index (κ1) is 16.7. The van der Waals surface area contributed by atoms with E-state index < -0.39 is 0 Å². The van der Waals surface area contributed by atoms with Gasteiger partial charge in [-0.25, -0.2) is 4.98 Å². The number of hydrogen-bond acceptors (Lipinski definition) is 4. The number of aromatic nitrogens is 1. The smallest absolute Gasteiger partial charge is 0.276 e. The quantitative estimate of drug-likeness (QED) is 0.866. The van der Waals surface area contributed by atoms with Crippen LogP contribution in [0.25, 0.3) is 11.5 Å². The Morgan fingerprint density at radius 2 is 1.83 bits per heavy atom. The van der Waals surface area contributed by atoms with Crippen LogP contribution in [0.2, 0.25) is 0 Å². The van der Waals surface area contributed by atoms with E-state index in [0.717, 1.165) is 38.3 Å². The Bertz CT molecular complexity index is 686. The summed E-state index contributed by atoms with van der Waals surface area (Å²) < 4.78 is 5.72. The van der Waals surface area contributed by atoms with Gasteiger partial charge in [-0.05, 0) is 25.0 Å². The minimum Gasteiger partial charge on any atom is -0.441 e. The molecule has 3 rings (SSSR count). The standard InChI is InChI=1S/C19H25N3O2/c1-14(2)13-21-9-11-22(12-10-21)19(23)17-15(3)24-18(20-17)16-7-5-4-6-8-16/h4-8,14H,9-13H2,1-3H3. The van der Waals surface area contributed by atoms with Crippen molar-refractivity contribution >= 4 is 5.91 Å². The van der Waals surface area contributed by atoms with E-state index >= 15 is 0 Å². The number of carbonyl (C=O) groups excluding carboxylic acids is 1. The Morgan fingerprint density at radius 3 is 2.46 bits per heavy atom. The highest BCUT2D eigenvalue weighted by atomic mass is 16.4. The Morgan fingerprint density at radius 1 is 1.17 bits per heavy atom. The van der Waals surface area contributed by atoms with Crippen molar-refractivity contribution in [2.75, 3.05) is 32.7 Å². The van der Waals surface area contributed by atoms with Crippen LogP contribution in [0, 0.1) is 12.8 Å². The molecule has 0 N–H and O–H groups in total. The highest BCUT2D eigenvalue weighted by Crippen LogP contribution is 2.22. The Labute approximate surface area is 143 Å². The Hall–Kier alpha value is -2.14. The molecule has 2 heterocycles. The van der Waals surface area contributed by atoms with Gasteiger partial charge in [-0.2, -0.15) is 0 Å². The average molecular weight is 327 g/mol. The Balaban J connectivity index is 1.69. The van der Waals surface area contributed by atoms with Gasteiger partial charge in [0.05, 0.1) is 0 Å². The highest BCUT2D eigenvalue weighted by Gasteiger charge is 2.26. The van der Waals surface area contributed by atoms with Gasteiger partial charge in [-0.15, -0.1) is 0 Å². The van der Waals surface area contributed by atoms with Crippen LogP contribution in [0.15, 0.2) is 34.7 Å². The zero-order valence-corrected chi connectivity index (χ0v) is 14.7. The van der Waals surface area contributed by atoms with E-state index in [1.165, 1.54) is 0 Å². The van der Waals surface area contributed by atoms with Crippen molar-refractivity contribution in [3.8, 4) is 11.5 Å². The molecule has 0 aliphatic carbocycles. The number of amides is 1. The molecule has 1 aliphatic heterocycles. The fourth-order valence-electron chi connectivity index (χ4n) is 3.10. The molecule has 0 radical (unpaired) electrons. The molecule has 1 aromatic heterocycles. The number of nitrogens with zero attached hydrogens (tertiary/aromatic N) is 3. The molecule has 0 atom stereocenters. The SMILES string of the molecule is Cc1oc(-c2ccccc2)nc1C(=O)N1CCN(CC(C)C)CC1. The first-order chi connectivity index (χ1) is 11.5. The van der Waals surface area contributed by atoms with E-state index in [4.69, 9.17) is 4.42 Å². The number of hydrogen-bond donors (Lipinski definition) is 0. The summed E-state index contributed by atoms with van der Waals surface area (Å²) in [7, 11) is 0. The van der Waals surface area contributed by atoms with Gasteiger partial charge in [0, 0.05) is 38.3 Å². The number of oxazole rings is 1. The van der Waals surface area contributed by atoms with E-state index in [-0.39, 0.29) is 5.91 Å². The molecule has 24 heavy (non-hydrogen) atoms. The van der Waals surface area contributed by atoms with Crippen LogP contribution in [0.4, 0.5) is 0 Å². The molecular formula is C19H25N3O2. The highest BCUT2D eigenvalue weighted by molar-refractivity contribution is 5.93. The molecule has 5 nitrogen and oxygen atoms in total. The molecule has 1 aromatic carbocycles. The van der Waals surface area contributed by atoms with Crippen LogP contribution >= 0.6 is 0 Å². The normalized spacial score (nSPS) is 15.9. The predicted molar refractivity (Wildman–Crippen MR) is 93.9 cm³/mol. The molecule has 1 saturated heterocycles. The molecule has 1 aliphatic rings. The van der Waals surface area contributed by atoms with Crippen molar-refractivity contribution in [3.63, 3.8) is 0 Å². The minimum atomic E-state index is -0.0253. The third-order valence-electron chi connectivity index (χ3n) is 4.30. The van der Waals surface area contributed by atoms with Gasteiger partial charge in [0.2, 0.25) is 5.89 Å². The number of carbonyl (C=O) groups is 1. The molecule has 1 fully saturated rings. The summed E-state index contributed by atoms with van der Waals surface area (Å²) >= 11 is 0. The average Bonchev–Trinajstić information content (AvgIpc) is 2.97. The molecule has 5 heteroatoms. The lowest BCUT2D eigenvalue weighted by Crippen LogP contribution is -2.49. The molecule has 0 unspecified atom stereocenters. The van der Waals surface area contributed by atoms with Gasteiger partial charge >= 0.3 is 0 Å². The summed E-state index contributed by atoms with van der Waals surface area (Å²) in [5.74, 6) is 1.72. The van der Waals surface area contributed by atoms with Crippen LogP contribution in [0.3, 0.4) is 0 Å². The van der Waals surface area contributed by atoms with E-state index in [2.05, 4.69) is 23.7 Å². The Kier molecular flexibility index (Phi) is 5.00. The van der Waals surface area contributed by atoms with Gasteiger partial charge in [0.25, 0.3) is 5.91 Å². The maximum atomic E-state index is 12.8. The second-order valence-electron chi connectivity index (χ2n) is 6.78. The number of benzene rings is 1. The first-order valence-electron chi connectivity index (χ1n) is 8.59. The molecule has 0 bridgehead atoms. The van der Waals surface area contributed by atoms with Gasteiger partial charge in [-0.3, -0.25) is 9.69 Å². The van der Waals surface area contributed by atoms with Crippen LogP contribution in [0.5, 0.6) is 0 Å². The predicted octanol–water partition coefficient (Wildman–Crippen LogP) is 3.06. The molecular weight excluding hydrogens is 302 g/mol. The lowest BCUT2D eigenvalue weighted by molar-refractivity contribution is 0.0617. The fourth-order valence-corrected chi connectivity index (χ4v) is 3.10. The topological polar surface area (TPSA) is 49.6 Å². The van der Waals surface area contributed by atoms with Gasteiger partial charge in [-0.1, -0.05) is 32.0 Å². The van der Waals surface area contributed by atoms with Crippen molar-refractivity contribution < 1.29 is 9.21 Å². The van der Waals surface area contributed by atoms with Crippen LogP contribution in [0.1, 0.15) is 30.1 Å². The largest absolute Gasteiger partial charge is 0.441 e. The van der Waals surface area contributed by atoms with Gasteiger partial charge in [0.15, 0.2) is 5.69 Å². The summed E-state index contributed by atoms with van der Waals surface area (Å²) in [6, 6.07) is 9.69. The van der Waals surface area contributed by atoms with Crippen molar-refractivity contribution in [1.82, 2.24) is 14.8 Å². The maximum absolute atomic E-state index is 12.8. The van der Waals surface area contributed by atoms with E-state index in [0.29, 0.717) is 23.3 Å². The first-order valence-corrected chi connectivity index (χ1v) is 8.59. The van der Waals surface area contributed by atoms with E-state index in [1.807, 2.05) is 42.2 Å². The van der Waals surface area contributed by atoms with Crippen molar-refractivity contribution in [1.29, 1.82) is 0 Å². The summed E-state index contributed by atoms with van der Waals surface area (Å²) in [4.78, 5) is 21.5. The van der Waals surface area contributed by atoms with Crippen LogP contribution in [-0.2, 0) is 0 Å². The van der Waals surface area contributed by atoms with Crippen molar-refractivity contribution in [2.45, 2.75) is 20.8 Å². The third kappa shape index (κ3) is 3.67. The van der Waals surface area contributed by atoms with E-state index in [9.17, 15) is 4.79 Å².